The van der Waals surface area contributed by atoms with Crippen molar-refractivity contribution in [1.29, 1.82) is 0 Å². The normalized spacial score (nSPS) is 16.0. The predicted octanol–water partition coefficient (Wildman–Crippen LogP) is 2.92. The Morgan fingerprint density at radius 2 is 1.93 bits per heavy atom. The maximum atomic E-state index is 6.32. The largest absolute Gasteiger partial charge is 0.367 e. The molecule has 0 atom stereocenters. The van der Waals surface area contributed by atoms with Gasteiger partial charge >= 0.3 is 0 Å². The Kier molecular flexibility index (Phi) is 5.89. The molecule has 2 heterocycles. The number of aromatic nitrogens is 2. The minimum absolute atomic E-state index is 0.151. The molecule has 27 heavy (non-hydrogen) atoms. The van der Waals surface area contributed by atoms with Crippen molar-refractivity contribution in [1.82, 2.24) is 20.4 Å². The molecular weight excluding hydrogens is 364 g/mol. The Morgan fingerprint density at radius 3 is 2.52 bits per heavy atom. The van der Waals surface area contributed by atoms with Crippen LogP contribution in [-0.4, -0.2) is 54.2 Å². The third-order valence-electron chi connectivity index (χ3n) is 4.50. The van der Waals surface area contributed by atoms with Gasteiger partial charge in [-0.25, -0.2) is 0 Å². The second kappa shape index (κ2) is 8.17. The maximum absolute atomic E-state index is 6.32. The third-order valence-corrected chi connectivity index (χ3v) is 4.82. The Bertz CT molecular complexity index is 789. The topological polar surface area (TPSA) is 69.8 Å². The molecule has 1 aliphatic rings. The summed E-state index contributed by atoms with van der Waals surface area (Å²) in [5.74, 6) is 2.12. The van der Waals surface area contributed by atoms with Gasteiger partial charge < -0.3 is 19.6 Å². The number of piperazine rings is 1. The molecule has 8 heteroatoms. The lowest BCUT2D eigenvalue weighted by atomic mass is 9.97. The number of para-hydroxylation sites is 1. The van der Waals surface area contributed by atoms with Gasteiger partial charge in [0.2, 0.25) is 5.89 Å². The second-order valence-corrected chi connectivity index (χ2v) is 8.00. The minimum Gasteiger partial charge on any atom is -0.367 e. The van der Waals surface area contributed by atoms with Gasteiger partial charge in [0.15, 0.2) is 11.8 Å². The first-order valence-corrected chi connectivity index (χ1v) is 9.54. The summed E-state index contributed by atoms with van der Waals surface area (Å²) in [6.45, 7) is 10.1. The average Bonchev–Trinajstić information content (AvgIpc) is 3.13. The van der Waals surface area contributed by atoms with Crippen LogP contribution < -0.4 is 10.2 Å². The van der Waals surface area contributed by atoms with E-state index in [0.717, 1.165) is 42.8 Å². The van der Waals surface area contributed by atoms with Gasteiger partial charge in [-0.1, -0.05) is 49.7 Å². The van der Waals surface area contributed by atoms with Gasteiger partial charge in [0, 0.05) is 38.6 Å². The summed E-state index contributed by atoms with van der Waals surface area (Å²) < 4.78 is 5.34. The van der Waals surface area contributed by atoms with Gasteiger partial charge in [-0.05, 0) is 12.1 Å². The Morgan fingerprint density at radius 1 is 1.22 bits per heavy atom. The number of halogens is 1. The molecule has 1 aliphatic heterocycles. The van der Waals surface area contributed by atoms with Gasteiger partial charge in [-0.15, -0.1) is 0 Å². The number of rotatable bonds is 3. The van der Waals surface area contributed by atoms with Gasteiger partial charge in [-0.3, -0.25) is 4.99 Å². The number of benzene rings is 1. The standard InChI is InChI=1S/C19H27ClN6O/c1-19(2,3)17-23-16(24-27-17)13-22-18(21-4)26-11-9-25(10-12-26)15-8-6-5-7-14(15)20/h5-8H,9-13H2,1-4H3,(H,21,22). The molecule has 0 bridgehead atoms. The predicted molar refractivity (Wildman–Crippen MR) is 108 cm³/mol. The zero-order chi connectivity index (χ0) is 19.4. The summed E-state index contributed by atoms with van der Waals surface area (Å²) in [5.41, 5.74) is 0.936. The number of nitrogens with zero attached hydrogens (tertiary/aromatic N) is 5. The van der Waals surface area contributed by atoms with E-state index in [9.17, 15) is 0 Å². The number of nitrogens with one attached hydrogen (secondary N) is 1. The molecule has 1 N–H and O–H groups in total. The highest BCUT2D eigenvalue weighted by molar-refractivity contribution is 6.33. The minimum atomic E-state index is -0.151. The van der Waals surface area contributed by atoms with E-state index in [-0.39, 0.29) is 5.41 Å². The lowest BCUT2D eigenvalue weighted by Gasteiger charge is -2.37. The molecule has 0 saturated carbocycles. The average molecular weight is 391 g/mol. The summed E-state index contributed by atoms with van der Waals surface area (Å²) in [4.78, 5) is 13.4. The molecule has 0 amide bonds. The SMILES string of the molecule is CN=C(NCc1noc(C(C)(C)C)n1)N1CCN(c2ccccc2Cl)CC1. The molecule has 0 aliphatic carbocycles. The van der Waals surface area contributed by atoms with E-state index in [4.69, 9.17) is 16.1 Å². The summed E-state index contributed by atoms with van der Waals surface area (Å²) in [5, 5.41) is 8.17. The highest BCUT2D eigenvalue weighted by Gasteiger charge is 2.23. The highest BCUT2D eigenvalue weighted by Crippen LogP contribution is 2.26. The number of guanidine groups is 1. The zero-order valence-corrected chi connectivity index (χ0v) is 17.1. The Hall–Kier alpha value is -2.28. The molecule has 2 aromatic rings. The van der Waals surface area contributed by atoms with Crippen molar-refractivity contribution in [2.24, 2.45) is 4.99 Å². The maximum Gasteiger partial charge on any atom is 0.232 e. The van der Waals surface area contributed by atoms with Crippen molar-refractivity contribution in [3.8, 4) is 0 Å². The first-order valence-electron chi connectivity index (χ1n) is 9.16. The van der Waals surface area contributed by atoms with E-state index in [1.807, 2.05) is 18.2 Å². The summed E-state index contributed by atoms with van der Waals surface area (Å²) in [6.07, 6.45) is 0. The van der Waals surface area contributed by atoms with Crippen LogP contribution in [-0.2, 0) is 12.0 Å². The smallest absolute Gasteiger partial charge is 0.232 e. The molecule has 0 radical (unpaired) electrons. The number of aliphatic imine (C=N–C) groups is 1. The molecule has 1 aromatic carbocycles. The van der Waals surface area contributed by atoms with Crippen LogP contribution >= 0.6 is 11.6 Å². The second-order valence-electron chi connectivity index (χ2n) is 7.59. The molecule has 7 nitrogen and oxygen atoms in total. The zero-order valence-electron chi connectivity index (χ0n) is 16.4. The van der Waals surface area contributed by atoms with E-state index in [1.54, 1.807) is 7.05 Å². The highest BCUT2D eigenvalue weighted by atomic mass is 35.5. The van der Waals surface area contributed by atoms with Crippen molar-refractivity contribution >= 4 is 23.2 Å². The summed E-state index contributed by atoms with van der Waals surface area (Å²) >= 11 is 6.32. The van der Waals surface area contributed by atoms with Crippen LogP contribution in [0.25, 0.3) is 0 Å². The van der Waals surface area contributed by atoms with Crippen molar-refractivity contribution < 1.29 is 4.52 Å². The van der Waals surface area contributed by atoms with E-state index >= 15 is 0 Å². The van der Waals surface area contributed by atoms with Crippen LogP contribution in [0.2, 0.25) is 5.02 Å². The van der Waals surface area contributed by atoms with Crippen LogP contribution in [0.5, 0.6) is 0 Å². The molecule has 0 unspecified atom stereocenters. The molecule has 146 valence electrons. The fourth-order valence-corrected chi connectivity index (χ4v) is 3.24. The number of hydrogen-bond donors (Lipinski definition) is 1. The lowest BCUT2D eigenvalue weighted by molar-refractivity contribution is 0.317. The van der Waals surface area contributed by atoms with E-state index < -0.39 is 0 Å². The Labute approximate surface area is 165 Å². The molecular formula is C19H27ClN6O. The first-order chi connectivity index (χ1) is 12.9. The van der Waals surface area contributed by atoms with Gasteiger partial charge in [0.1, 0.15) is 0 Å². The monoisotopic (exact) mass is 390 g/mol. The van der Waals surface area contributed by atoms with Crippen molar-refractivity contribution in [3.63, 3.8) is 0 Å². The molecule has 3 rings (SSSR count). The van der Waals surface area contributed by atoms with Crippen LogP contribution in [0, 0.1) is 0 Å². The molecule has 0 spiro atoms. The van der Waals surface area contributed by atoms with Crippen LogP contribution in [0.3, 0.4) is 0 Å². The molecule has 1 aromatic heterocycles. The van der Waals surface area contributed by atoms with Gasteiger partial charge in [0.25, 0.3) is 0 Å². The number of anilines is 1. The van der Waals surface area contributed by atoms with E-state index in [2.05, 4.69) is 57.1 Å². The van der Waals surface area contributed by atoms with Crippen molar-refractivity contribution in [2.75, 3.05) is 38.1 Å². The third kappa shape index (κ3) is 4.71. The van der Waals surface area contributed by atoms with Crippen molar-refractivity contribution in [2.45, 2.75) is 32.7 Å². The number of hydrogen-bond acceptors (Lipinski definition) is 5. The first kappa shape index (κ1) is 19.5. The summed E-state index contributed by atoms with van der Waals surface area (Å²) in [7, 11) is 1.79. The quantitative estimate of drug-likeness (QED) is 0.642. The van der Waals surface area contributed by atoms with E-state index in [0.29, 0.717) is 18.3 Å². The van der Waals surface area contributed by atoms with E-state index in [1.165, 1.54) is 0 Å². The van der Waals surface area contributed by atoms with Crippen LogP contribution in [0.1, 0.15) is 32.5 Å². The van der Waals surface area contributed by atoms with Crippen molar-refractivity contribution in [3.05, 3.63) is 41.0 Å². The summed E-state index contributed by atoms with van der Waals surface area (Å²) in [6, 6.07) is 7.97. The van der Waals surface area contributed by atoms with Crippen LogP contribution in [0.4, 0.5) is 5.69 Å². The van der Waals surface area contributed by atoms with Gasteiger partial charge in [0.05, 0.1) is 17.3 Å². The fourth-order valence-electron chi connectivity index (χ4n) is 2.99. The fraction of sp³-hybridized carbons (Fsp3) is 0.526. The molecule has 1 saturated heterocycles. The van der Waals surface area contributed by atoms with Crippen LogP contribution in [0.15, 0.2) is 33.8 Å². The Balaban J connectivity index is 1.55. The lowest BCUT2D eigenvalue weighted by Crippen LogP contribution is -2.52. The van der Waals surface area contributed by atoms with Gasteiger partial charge in [-0.2, -0.15) is 4.98 Å². The molecule has 1 fully saturated rings.